The summed E-state index contributed by atoms with van der Waals surface area (Å²) >= 11 is 6.01. The van der Waals surface area contributed by atoms with Crippen molar-refractivity contribution in [3.05, 3.63) is 12.2 Å². The van der Waals surface area contributed by atoms with Crippen LogP contribution in [0.3, 0.4) is 0 Å². The molecule has 1 rings (SSSR count). The summed E-state index contributed by atoms with van der Waals surface area (Å²) in [5, 5.41) is 10.1. The topological polar surface area (TPSA) is 20.2 Å². The number of hydrogen-bond donors (Lipinski definition) is 1. The lowest BCUT2D eigenvalue weighted by atomic mass is 9.81. The third-order valence-corrected chi connectivity index (χ3v) is 9.05. The standard InChI is InChI=1S/C32H60OS/c1-6-7-8-9-10-11-12-13-14-15-16-19-26(2)24-28(4)32(34)31(25-29(5)33)23-22-27(3)30-20-17-18-21-30/h26,28-31,33H,3,6-25H2,1-2,4-5H3. The van der Waals surface area contributed by atoms with Crippen LogP contribution in [0.5, 0.6) is 0 Å². The van der Waals surface area contributed by atoms with E-state index in [1.165, 1.54) is 120 Å². The first-order valence-electron chi connectivity index (χ1n) is 15.2. The lowest BCUT2D eigenvalue weighted by Gasteiger charge is -2.27. The Morgan fingerprint density at radius 3 is 1.88 bits per heavy atom. The van der Waals surface area contributed by atoms with Crippen molar-refractivity contribution >= 4 is 17.1 Å². The van der Waals surface area contributed by atoms with E-state index >= 15 is 0 Å². The average molecular weight is 493 g/mol. The largest absolute Gasteiger partial charge is 0.393 e. The van der Waals surface area contributed by atoms with Crippen LogP contribution < -0.4 is 0 Å². The van der Waals surface area contributed by atoms with Gasteiger partial charge in [-0.25, -0.2) is 0 Å². The molecule has 0 heterocycles. The van der Waals surface area contributed by atoms with Crippen LogP contribution in [0.4, 0.5) is 0 Å². The summed E-state index contributed by atoms with van der Waals surface area (Å²) in [7, 11) is 0. The normalized spacial score (nSPS) is 18.0. The van der Waals surface area contributed by atoms with Gasteiger partial charge in [-0.3, -0.25) is 0 Å². The molecule has 1 fully saturated rings. The van der Waals surface area contributed by atoms with E-state index in [9.17, 15) is 5.11 Å². The van der Waals surface area contributed by atoms with Crippen LogP contribution in [-0.4, -0.2) is 16.1 Å². The molecule has 34 heavy (non-hydrogen) atoms. The Kier molecular flexibility index (Phi) is 18.6. The van der Waals surface area contributed by atoms with Gasteiger partial charge in [0.15, 0.2) is 0 Å². The van der Waals surface area contributed by atoms with Gasteiger partial charge in [-0.1, -0.05) is 135 Å². The molecule has 0 amide bonds. The first kappa shape index (κ1) is 31.8. The second-order valence-corrected chi connectivity index (χ2v) is 12.4. The van der Waals surface area contributed by atoms with E-state index in [1.807, 2.05) is 6.92 Å². The molecule has 1 aliphatic carbocycles. The van der Waals surface area contributed by atoms with E-state index in [0.717, 1.165) is 31.1 Å². The van der Waals surface area contributed by atoms with Gasteiger partial charge >= 0.3 is 0 Å². The fourth-order valence-electron chi connectivity index (χ4n) is 6.08. The van der Waals surface area contributed by atoms with Crippen LogP contribution in [0.1, 0.15) is 156 Å². The van der Waals surface area contributed by atoms with Crippen molar-refractivity contribution in [3.63, 3.8) is 0 Å². The van der Waals surface area contributed by atoms with Gasteiger partial charge in [-0.2, -0.15) is 0 Å². The zero-order chi connectivity index (χ0) is 25.2. The summed E-state index contributed by atoms with van der Waals surface area (Å²) in [6, 6.07) is 0. The molecule has 0 aromatic carbocycles. The van der Waals surface area contributed by atoms with Gasteiger partial charge in [-0.15, -0.1) is 0 Å². The van der Waals surface area contributed by atoms with Crippen molar-refractivity contribution in [2.45, 2.75) is 162 Å². The molecule has 1 nitrogen and oxygen atoms in total. The van der Waals surface area contributed by atoms with Crippen molar-refractivity contribution in [3.8, 4) is 0 Å². The Hall–Kier alpha value is -0.210. The Morgan fingerprint density at radius 1 is 0.824 bits per heavy atom. The second kappa shape index (κ2) is 19.9. The van der Waals surface area contributed by atoms with Gasteiger partial charge in [0, 0.05) is 0 Å². The maximum absolute atomic E-state index is 10.1. The predicted octanol–water partition coefficient (Wildman–Crippen LogP) is 10.6. The number of thiocarbonyl (C=S) groups is 1. The summed E-state index contributed by atoms with van der Waals surface area (Å²) < 4.78 is 0. The van der Waals surface area contributed by atoms with E-state index in [-0.39, 0.29) is 6.10 Å². The minimum atomic E-state index is -0.274. The molecule has 1 N–H and O–H groups in total. The number of unbranched alkanes of at least 4 members (excludes halogenated alkanes) is 10. The third-order valence-electron chi connectivity index (χ3n) is 8.32. The lowest BCUT2D eigenvalue weighted by molar-refractivity contribution is 0.170. The summed E-state index contributed by atoms with van der Waals surface area (Å²) in [5.41, 5.74) is 1.44. The van der Waals surface area contributed by atoms with Gasteiger partial charge in [0.2, 0.25) is 0 Å². The fraction of sp³-hybridized carbons (Fsp3) is 0.906. The number of rotatable bonds is 22. The van der Waals surface area contributed by atoms with E-state index in [1.54, 1.807) is 0 Å². The Bertz CT molecular complexity index is 519. The maximum atomic E-state index is 10.1. The molecular weight excluding hydrogens is 432 g/mol. The molecule has 1 saturated carbocycles. The highest BCUT2D eigenvalue weighted by molar-refractivity contribution is 7.80. The molecule has 1 aliphatic rings. The molecule has 0 aliphatic heterocycles. The molecule has 200 valence electrons. The summed E-state index contributed by atoms with van der Waals surface area (Å²) in [6.07, 6.45) is 26.2. The third kappa shape index (κ3) is 15.0. The SMILES string of the molecule is C=C(CCC(CC(C)O)C(=S)C(C)CC(C)CCCCCCCCCCCCC)C1CCCC1. The molecular formula is C32H60OS. The number of aliphatic hydroxyl groups excluding tert-OH is 1. The first-order chi connectivity index (χ1) is 16.3. The van der Waals surface area contributed by atoms with E-state index in [0.29, 0.717) is 11.8 Å². The van der Waals surface area contributed by atoms with E-state index in [2.05, 4.69) is 27.4 Å². The molecule has 0 aromatic heterocycles. The smallest absolute Gasteiger partial charge is 0.0518 e. The molecule has 4 atom stereocenters. The van der Waals surface area contributed by atoms with E-state index < -0.39 is 0 Å². The second-order valence-electron chi connectivity index (χ2n) is 11.9. The molecule has 2 heteroatoms. The summed E-state index contributed by atoms with van der Waals surface area (Å²) in [4.78, 5) is 1.21. The summed E-state index contributed by atoms with van der Waals surface area (Å²) in [6.45, 7) is 13.4. The molecule has 0 aromatic rings. The molecule has 0 saturated heterocycles. The van der Waals surface area contributed by atoms with Crippen LogP contribution in [-0.2, 0) is 0 Å². The minimum Gasteiger partial charge on any atom is -0.393 e. The molecule has 4 unspecified atom stereocenters. The van der Waals surface area contributed by atoms with Crippen LogP contribution in [0.2, 0.25) is 0 Å². The monoisotopic (exact) mass is 492 g/mol. The van der Waals surface area contributed by atoms with Crippen LogP contribution in [0.15, 0.2) is 12.2 Å². The van der Waals surface area contributed by atoms with Gasteiger partial charge in [0.25, 0.3) is 0 Å². The average Bonchev–Trinajstić information content (AvgIpc) is 3.34. The highest BCUT2D eigenvalue weighted by atomic mass is 32.1. The zero-order valence-electron chi connectivity index (χ0n) is 23.6. The summed E-state index contributed by atoms with van der Waals surface area (Å²) in [5.74, 6) is 2.31. The molecule has 0 bridgehead atoms. The van der Waals surface area contributed by atoms with Gasteiger partial charge in [0.1, 0.15) is 0 Å². The lowest BCUT2D eigenvalue weighted by Crippen LogP contribution is -2.25. The van der Waals surface area contributed by atoms with Crippen LogP contribution in [0.25, 0.3) is 0 Å². The van der Waals surface area contributed by atoms with E-state index in [4.69, 9.17) is 12.2 Å². The molecule has 0 spiro atoms. The minimum absolute atomic E-state index is 0.274. The fourth-order valence-corrected chi connectivity index (χ4v) is 6.39. The van der Waals surface area contributed by atoms with Gasteiger partial charge < -0.3 is 5.11 Å². The Morgan fingerprint density at radius 2 is 1.35 bits per heavy atom. The first-order valence-corrected chi connectivity index (χ1v) is 15.6. The van der Waals surface area contributed by atoms with Gasteiger partial charge in [-0.05, 0) is 74.0 Å². The van der Waals surface area contributed by atoms with Crippen LogP contribution >= 0.6 is 12.2 Å². The number of hydrogen-bond acceptors (Lipinski definition) is 2. The zero-order valence-corrected chi connectivity index (χ0v) is 24.4. The predicted molar refractivity (Wildman–Crippen MR) is 157 cm³/mol. The highest BCUT2D eigenvalue weighted by Crippen LogP contribution is 2.34. The van der Waals surface area contributed by atoms with Crippen LogP contribution in [0, 0.1) is 23.7 Å². The van der Waals surface area contributed by atoms with Crippen molar-refractivity contribution in [1.29, 1.82) is 0 Å². The van der Waals surface area contributed by atoms with Crippen molar-refractivity contribution in [2.75, 3.05) is 0 Å². The number of aliphatic hydroxyl groups is 1. The maximum Gasteiger partial charge on any atom is 0.0518 e. The Labute approximate surface area is 220 Å². The van der Waals surface area contributed by atoms with Crippen molar-refractivity contribution in [1.82, 2.24) is 0 Å². The molecule has 0 radical (unpaired) electrons. The van der Waals surface area contributed by atoms with Gasteiger partial charge in [0.05, 0.1) is 6.10 Å². The highest BCUT2D eigenvalue weighted by Gasteiger charge is 2.24. The number of allylic oxidation sites excluding steroid dienone is 1. The van der Waals surface area contributed by atoms with Crippen molar-refractivity contribution in [2.24, 2.45) is 23.7 Å². The quantitative estimate of drug-likeness (QED) is 0.0921. The Balaban J connectivity index is 2.22. The van der Waals surface area contributed by atoms with Crippen molar-refractivity contribution < 1.29 is 5.11 Å².